The van der Waals surface area contributed by atoms with Gasteiger partial charge in [0.1, 0.15) is 13.2 Å². The van der Waals surface area contributed by atoms with Crippen LogP contribution in [0.1, 0.15) is 44.7 Å². The summed E-state index contributed by atoms with van der Waals surface area (Å²) in [7, 11) is 0. The van der Waals surface area contributed by atoms with Crippen molar-refractivity contribution in [1.82, 2.24) is 5.32 Å². The lowest BCUT2D eigenvalue weighted by Gasteiger charge is -2.26. The van der Waals surface area contributed by atoms with Crippen molar-refractivity contribution >= 4 is 18.3 Å². The number of rotatable bonds is 4. The van der Waals surface area contributed by atoms with E-state index >= 15 is 0 Å². The lowest BCUT2D eigenvalue weighted by molar-refractivity contribution is -0.125. The normalized spacial score (nSPS) is 23.5. The van der Waals surface area contributed by atoms with Gasteiger partial charge >= 0.3 is 0 Å². The molecule has 1 aliphatic heterocycles. The molecule has 0 aromatic heterocycles. The van der Waals surface area contributed by atoms with Crippen LogP contribution >= 0.6 is 12.4 Å². The molecular formula is C18H27ClN2O3. The van der Waals surface area contributed by atoms with Gasteiger partial charge in [-0.05, 0) is 42.9 Å². The molecule has 2 aliphatic rings. The molecule has 3 unspecified atom stereocenters. The van der Waals surface area contributed by atoms with E-state index in [9.17, 15) is 4.79 Å². The van der Waals surface area contributed by atoms with E-state index in [1.54, 1.807) is 0 Å². The molecule has 1 saturated carbocycles. The molecule has 1 aromatic rings. The van der Waals surface area contributed by atoms with E-state index in [1.807, 2.05) is 18.2 Å². The molecule has 3 atom stereocenters. The van der Waals surface area contributed by atoms with E-state index in [-0.39, 0.29) is 42.2 Å². The van der Waals surface area contributed by atoms with E-state index < -0.39 is 0 Å². The Morgan fingerprint density at radius 2 is 1.92 bits per heavy atom. The van der Waals surface area contributed by atoms with Crippen LogP contribution < -0.4 is 20.5 Å². The average molecular weight is 355 g/mol. The maximum Gasteiger partial charge on any atom is 0.223 e. The Labute approximate surface area is 149 Å². The van der Waals surface area contributed by atoms with Crippen LogP contribution in [0, 0.1) is 11.8 Å². The number of nitrogens with two attached hydrogens (primary N) is 1. The number of hydrogen-bond donors (Lipinski definition) is 2. The zero-order chi connectivity index (χ0) is 16.4. The maximum atomic E-state index is 12.5. The van der Waals surface area contributed by atoms with E-state index in [2.05, 4.69) is 19.2 Å². The summed E-state index contributed by atoms with van der Waals surface area (Å²) in [6, 6.07) is 6.06. The Balaban J connectivity index is 0.00000208. The molecule has 6 heteroatoms. The monoisotopic (exact) mass is 354 g/mol. The molecule has 0 spiro atoms. The fraction of sp³-hybridized carbons (Fsp3) is 0.611. The molecule has 1 aliphatic carbocycles. The molecule has 1 amide bonds. The summed E-state index contributed by atoms with van der Waals surface area (Å²) in [6.45, 7) is 5.37. The molecule has 0 bridgehead atoms. The van der Waals surface area contributed by atoms with Gasteiger partial charge in [-0.15, -0.1) is 12.4 Å². The first-order valence-electron chi connectivity index (χ1n) is 8.50. The number of halogens is 1. The number of carbonyl (C=O) groups is 1. The first kappa shape index (κ1) is 18.9. The fourth-order valence-corrected chi connectivity index (χ4v) is 3.41. The Morgan fingerprint density at radius 1 is 1.21 bits per heavy atom. The van der Waals surface area contributed by atoms with Gasteiger partial charge in [-0.25, -0.2) is 0 Å². The number of carbonyl (C=O) groups excluding carboxylic acids is 1. The third-order valence-electron chi connectivity index (χ3n) is 4.73. The largest absolute Gasteiger partial charge is 0.486 e. The van der Waals surface area contributed by atoms with Gasteiger partial charge in [0.25, 0.3) is 0 Å². The van der Waals surface area contributed by atoms with Crippen molar-refractivity contribution in [2.24, 2.45) is 17.6 Å². The standard InChI is InChI=1S/C18H26N2O3.ClH/c1-11(2)17(20-18(21)13-3-5-14(19)9-13)12-4-6-15-16(10-12)23-8-7-22-15;/h4,6,10-11,13-14,17H,3,5,7-9,19H2,1-2H3,(H,20,21);1H. The molecular weight excluding hydrogens is 328 g/mol. The minimum atomic E-state index is -0.0323. The number of hydrogen-bond acceptors (Lipinski definition) is 4. The summed E-state index contributed by atoms with van der Waals surface area (Å²) >= 11 is 0. The predicted molar refractivity (Wildman–Crippen MR) is 95.7 cm³/mol. The van der Waals surface area contributed by atoms with Gasteiger partial charge in [-0.2, -0.15) is 0 Å². The predicted octanol–water partition coefficient (Wildman–Crippen LogP) is 2.82. The number of nitrogens with one attached hydrogen (secondary N) is 1. The van der Waals surface area contributed by atoms with Crippen LogP contribution in [0.2, 0.25) is 0 Å². The third kappa shape index (κ3) is 4.14. The van der Waals surface area contributed by atoms with Crippen molar-refractivity contribution in [3.63, 3.8) is 0 Å². The van der Waals surface area contributed by atoms with Gasteiger partial charge < -0.3 is 20.5 Å². The second-order valence-corrected chi connectivity index (χ2v) is 6.90. The van der Waals surface area contributed by atoms with Crippen LogP contribution in [0.4, 0.5) is 0 Å². The van der Waals surface area contributed by atoms with Gasteiger partial charge in [0.05, 0.1) is 6.04 Å². The summed E-state index contributed by atoms with van der Waals surface area (Å²) in [6.07, 6.45) is 2.62. The average Bonchev–Trinajstić information content (AvgIpc) is 2.98. The molecule has 0 radical (unpaired) electrons. The topological polar surface area (TPSA) is 73.6 Å². The molecule has 0 saturated heterocycles. The van der Waals surface area contributed by atoms with Crippen molar-refractivity contribution < 1.29 is 14.3 Å². The highest BCUT2D eigenvalue weighted by Gasteiger charge is 2.30. The van der Waals surface area contributed by atoms with Crippen molar-refractivity contribution in [1.29, 1.82) is 0 Å². The minimum absolute atomic E-state index is 0. The SMILES string of the molecule is CC(C)C(NC(=O)C1CCC(N)C1)c1ccc2c(c1)OCCO2.Cl. The highest BCUT2D eigenvalue weighted by molar-refractivity contribution is 5.85. The van der Waals surface area contributed by atoms with Crippen molar-refractivity contribution in [2.75, 3.05) is 13.2 Å². The number of ether oxygens (including phenoxy) is 2. The lowest BCUT2D eigenvalue weighted by Crippen LogP contribution is -2.36. The van der Waals surface area contributed by atoms with Gasteiger partial charge in [0.15, 0.2) is 11.5 Å². The quantitative estimate of drug-likeness (QED) is 0.872. The van der Waals surface area contributed by atoms with Crippen LogP contribution in [-0.2, 0) is 4.79 Å². The van der Waals surface area contributed by atoms with Crippen LogP contribution in [0.3, 0.4) is 0 Å². The molecule has 3 N–H and O–H groups in total. The van der Waals surface area contributed by atoms with Crippen molar-refractivity contribution in [3.8, 4) is 11.5 Å². The van der Waals surface area contributed by atoms with Gasteiger partial charge in [0.2, 0.25) is 5.91 Å². The van der Waals surface area contributed by atoms with E-state index in [1.165, 1.54) is 0 Å². The van der Waals surface area contributed by atoms with E-state index in [4.69, 9.17) is 15.2 Å². The minimum Gasteiger partial charge on any atom is -0.486 e. The summed E-state index contributed by atoms with van der Waals surface area (Å²) in [4.78, 5) is 12.5. The fourth-order valence-electron chi connectivity index (χ4n) is 3.41. The Bertz CT molecular complexity index is 579. The number of amides is 1. The molecule has 134 valence electrons. The summed E-state index contributed by atoms with van der Waals surface area (Å²) in [5.41, 5.74) is 6.99. The van der Waals surface area contributed by atoms with E-state index in [0.717, 1.165) is 36.3 Å². The highest BCUT2D eigenvalue weighted by atomic mass is 35.5. The smallest absolute Gasteiger partial charge is 0.223 e. The zero-order valence-corrected chi connectivity index (χ0v) is 15.1. The first-order chi connectivity index (χ1) is 11.0. The highest BCUT2D eigenvalue weighted by Crippen LogP contribution is 2.35. The van der Waals surface area contributed by atoms with Crippen LogP contribution in [0.15, 0.2) is 18.2 Å². The molecule has 24 heavy (non-hydrogen) atoms. The Morgan fingerprint density at radius 3 is 2.54 bits per heavy atom. The van der Waals surface area contributed by atoms with Crippen LogP contribution in [0.5, 0.6) is 11.5 Å². The summed E-state index contributed by atoms with van der Waals surface area (Å²) < 4.78 is 11.2. The third-order valence-corrected chi connectivity index (χ3v) is 4.73. The second-order valence-electron chi connectivity index (χ2n) is 6.90. The zero-order valence-electron chi connectivity index (χ0n) is 14.3. The van der Waals surface area contributed by atoms with Gasteiger partial charge in [-0.1, -0.05) is 19.9 Å². The Kier molecular flexibility index (Phi) is 6.35. The molecule has 5 nitrogen and oxygen atoms in total. The van der Waals surface area contributed by atoms with Crippen LogP contribution in [-0.4, -0.2) is 25.2 Å². The van der Waals surface area contributed by atoms with Crippen LogP contribution in [0.25, 0.3) is 0 Å². The Hall–Kier alpha value is -1.46. The summed E-state index contributed by atoms with van der Waals surface area (Å²) in [5.74, 6) is 1.98. The number of fused-ring (bicyclic) bond motifs is 1. The lowest BCUT2D eigenvalue weighted by atomic mass is 9.94. The van der Waals surface area contributed by atoms with Gasteiger partial charge in [0, 0.05) is 12.0 Å². The summed E-state index contributed by atoms with van der Waals surface area (Å²) in [5, 5.41) is 3.21. The first-order valence-corrected chi connectivity index (χ1v) is 8.50. The van der Waals surface area contributed by atoms with Gasteiger partial charge in [-0.3, -0.25) is 4.79 Å². The number of benzene rings is 1. The second kappa shape index (κ2) is 8.08. The van der Waals surface area contributed by atoms with Crippen molar-refractivity contribution in [3.05, 3.63) is 23.8 Å². The molecule has 1 fully saturated rings. The maximum absolute atomic E-state index is 12.5. The molecule has 1 heterocycles. The van der Waals surface area contributed by atoms with Crippen molar-refractivity contribution in [2.45, 2.75) is 45.2 Å². The molecule has 1 aromatic carbocycles. The van der Waals surface area contributed by atoms with E-state index in [0.29, 0.717) is 13.2 Å². The molecule has 3 rings (SSSR count).